The predicted octanol–water partition coefficient (Wildman–Crippen LogP) is 2.85. The van der Waals surface area contributed by atoms with Gasteiger partial charge in [-0.15, -0.1) is 0 Å². The number of pyridine rings is 1. The summed E-state index contributed by atoms with van der Waals surface area (Å²) in [6.07, 6.45) is 3.88. The van der Waals surface area contributed by atoms with Crippen molar-refractivity contribution in [3.05, 3.63) is 41.0 Å². The number of hydrogen-bond donors (Lipinski definition) is 1. The molecule has 1 unspecified atom stereocenters. The summed E-state index contributed by atoms with van der Waals surface area (Å²) in [4.78, 5) is 16.4. The van der Waals surface area contributed by atoms with Gasteiger partial charge < -0.3 is 4.74 Å². The third-order valence-corrected chi connectivity index (χ3v) is 3.80. The summed E-state index contributed by atoms with van der Waals surface area (Å²) in [5.41, 5.74) is 1.55. The van der Waals surface area contributed by atoms with Gasteiger partial charge in [-0.25, -0.2) is 4.79 Å². The molecule has 3 rings (SSSR count). The number of fused-ring (bicyclic) bond motifs is 1. The van der Waals surface area contributed by atoms with E-state index in [-0.39, 0.29) is 5.97 Å². The van der Waals surface area contributed by atoms with Crippen molar-refractivity contribution < 1.29 is 9.53 Å². The summed E-state index contributed by atoms with van der Waals surface area (Å²) in [7, 11) is 1.40. The number of halogens is 1. The van der Waals surface area contributed by atoms with E-state index in [1.165, 1.54) is 7.11 Å². The van der Waals surface area contributed by atoms with E-state index in [9.17, 15) is 4.79 Å². The SMILES string of the molecule is COC(=O)C(NC1CC1)c1ccc(Cl)c2cccnc12. The standard InChI is InChI=1S/C15H15ClN2O2/c1-20-15(19)14(18-9-4-5-9)11-6-7-12(16)10-3-2-8-17-13(10)11/h2-3,6-9,14,18H,4-5H2,1H3. The van der Waals surface area contributed by atoms with Crippen molar-refractivity contribution in [1.82, 2.24) is 10.3 Å². The van der Waals surface area contributed by atoms with E-state index < -0.39 is 6.04 Å². The molecule has 0 spiro atoms. The number of ether oxygens (including phenoxy) is 1. The van der Waals surface area contributed by atoms with E-state index in [0.29, 0.717) is 11.1 Å². The van der Waals surface area contributed by atoms with Gasteiger partial charge in [-0.1, -0.05) is 17.7 Å². The third kappa shape index (κ3) is 2.49. The topological polar surface area (TPSA) is 51.2 Å². The second-order valence-electron chi connectivity index (χ2n) is 4.93. The first-order valence-corrected chi connectivity index (χ1v) is 6.95. The fourth-order valence-electron chi connectivity index (χ4n) is 2.28. The molecule has 1 aliphatic rings. The lowest BCUT2D eigenvalue weighted by Crippen LogP contribution is -2.31. The smallest absolute Gasteiger partial charge is 0.327 e. The Morgan fingerprint density at radius 3 is 2.95 bits per heavy atom. The molecule has 2 aromatic rings. The van der Waals surface area contributed by atoms with Crippen LogP contribution in [0.5, 0.6) is 0 Å². The van der Waals surface area contributed by atoms with Gasteiger partial charge in [0.2, 0.25) is 0 Å². The minimum Gasteiger partial charge on any atom is -0.468 e. The summed E-state index contributed by atoms with van der Waals surface area (Å²) in [6.45, 7) is 0. The summed E-state index contributed by atoms with van der Waals surface area (Å²) in [6, 6.07) is 7.26. The Morgan fingerprint density at radius 1 is 1.45 bits per heavy atom. The maximum absolute atomic E-state index is 12.1. The third-order valence-electron chi connectivity index (χ3n) is 3.48. The van der Waals surface area contributed by atoms with Crippen LogP contribution in [0.1, 0.15) is 24.4 Å². The predicted molar refractivity (Wildman–Crippen MR) is 77.7 cm³/mol. The molecule has 1 fully saturated rings. The van der Waals surface area contributed by atoms with Crippen molar-refractivity contribution in [3.8, 4) is 0 Å². The lowest BCUT2D eigenvalue weighted by atomic mass is 10.0. The fourth-order valence-corrected chi connectivity index (χ4v) is 2.50. The molecule has 0 aliphatic heterocycles. The summed E-state index contributed by atoms with van der Waals surface area (Å²) >= 11 is 6.19. The molecule has 1 aromatic heterocycles. The lowest BCUT2D eigenvalue weighted by Gasteiger charge is -2.18. The number of benzene rings is 1. The molecule has 0 radical (unpaired) electrons. The Labute approximate surface area is 122 Å². The van der Waals surface area contributed by atoms with Crippen LogP contribution in [-0.2, 0) is 9.53 Å². The van der Waals surface area contributed by atoms with Crippen LogP contribution in [0.2, 0.25) is 5.02 Å². The highest BCUT2D eigenvalue weighted by Gasteiger charge is 2.31. The Kier molecular flexibility index (Phi) is 3.59. The minimum atomic E-state index is -0.498. The summed E-state index contributed by atoms with van der Waals surface area (Å²) < 4.78 is 4.91. The molecule has 1 atom stereocenters. The molecular formula is C15H15ClN2O2. The highest BCUT2D eigenvalue weighted by molar-refractivity contribution is 6.35. The van der Waals surface area contributed by atoms with Gasteiger partial charge in [0.25, 0.3) is 0 Å². The van der Waals surface area contributed by atoms with E-state index in [4.69, 9.17) is 16.3 Å². The Bertz CT molecular complexity index is 655. The molecule has 0 amide bonds. The number of esters is 1. The van der Waals surface area contributed by atoms with Crippen molar-refractivity contribution >= 4 is 28.5 Å². The molecule has 0 saturated heterocycles. The molecule has 4 nitrogen and oxygen atoms in total. The summed E-state index contributed by atoms with van der Waals surface area (Å²) in [5, 5.41) is 4.79. The van der Waals surface area contributed by atoms with Crippen molar-refractivity contribution in [2.45, 2.75) is 24.9 Å². The number of carbonyl (C=O) groups is 1. The van der Waals surface area contributed by atoms with Gasteiger partial charge >= 0.3 is 5.97 Å². The molecule has 104 valence electrons. The number of carbonyl (C=O) groups excluding carboxylic acids is 1. The van der Waals surface area contributed by atoms with Gasteiger partial charge in [0.1, 0.15) is 6.04 Å². The number of hydrogen-bond acceptors (Lipinski definition) is 4. The highest BCUT2D eigenvalue weighted by Crippen LogP contribution is 2.31. The van der Waals surface area contributed by atoms with Crippen molar-refractivity contribution in [2.75, 3.05) is 7.11 Å². The zero-order valence-corrected chi connectivity index (χ0v) is 11.9. The Hall–Kier alpha value is -1.65. The lowest BCUT2D eigenvalue weighted by molar-refractivity contribution is -0.143. The molecule has 5 heteroatoms. The maximum atomic E-state index is 12.1. The van der Waals surface area contributed by atoms with Crippen LogP contribution in [0.3, 0.4) is 0 Å². The van der Waals surface area contributed by atoms with Crippen LogP contribution in [-0.4, -0.2) is 24.1 Å². The number of rotatable bonds is 4. The van der Waals surface area contributed by atoms with Crippen molar-refractivity contribution in [1.29, 1.82) is 0 Å². The number of aromatic nitrogens is 1. The van der Waals surface area contributed by atoms with Crippen molar-refractivity contribution in [2.24, 2.45) is 0 Å². The van der Waals surface area contributed by atoms with Crippen LogP contribution >= 0.6 is 11.6 Å². The van der Waals surface area contributed by atoms with Gasteiger partial charge in [0, 0.05) is 28.2 Å². The summed E-state index contributed by atoms with van der Waals surface area (Å²) in [5.74, 6) is -0.300. The van der Waals surface area contributed by atoms with Crippen molar-refractivity contribution in [3.63, 3.8) is 0 Å². The van der Waals surface area contributed by atoms with Gasteiger partial charge in [-0.2, -0.15) is 0 Å². The fraction of sp³-hybridized carbons (Fsp3) is 0.333. The molecule has 1 heterocycles. The van der Waals surface area contributed by atoms with Crippen LogP contribution in [0.4, 0.5) is 0 Å². The Morgan fingerprint density at radius 2 is 2.25 bits per heavy atom. The monoisotopic (exact) mass is 290 g/mol. The normalized spacial score (nSPS) is 16.1. The zero-order valence-electron chi connectivity index (χ0n) is 11.1. The quantitative estimate of drug-likeness (QED) is 0.880. The zero-order chi connectivity index (χ0) is 14.1. The van der Waals surface area contributed by atoms with E-state index in [1.807, 2.05) is 18.2 Å². The van der Waals surface area contributed by atoms with Gasteiger partial charge in [-0.05, 0) is 31.0 Å². The van der Waals surface area contributed by atoms with Crippen LogP contribution < -0.4 is 5.32 Å². The van der Waals surface area contributed by atoms with Gasteiger partial charge in [0.15, 0.2) is 0 Å². The Balaban J connectivity index is 2.10. The second kappa shape index (κ2) is 5.38. The molecule has 0 bridgehead atoms. The first-order valence-electron chi connectivity index (χ1n) is 6.57. The molecule has 1 aliphatic carbocycles. The number of nitrogens with one attached hydrogen (secondary N) is 1. The first kappa shape index (κ1) is 13.3. The second-order valence-corrected chi connectivity index (χ2v) is 5.34. The average Bonchev–Trinajstić information content (AvgIpc) is 3.29. The molecular weight excluding hydrogens is 276 g/mol. The molecule has 1 saturated carbocycles. The molecule has 1 N–H and O–H groups in total. The van der Waals surface area contributed by atoms with Crippen LogP contribution in [0, 0.1) is 0 Å². The first-order chi connectivity index (χ1) is 9.70. The maximum Gasteiger partial charge on any atom is 0.327 e. The van der Waals surface area contributed by atoms with E-state index in [1.54, 1.807) is 12.3 Å². The minimum absolute atomic E-state index is 0.300. The van der Waals surface area contributed by atoms with Crippen LogP contribution in [0.15, 0.2) is 30.5 Å². The van der Waals surface area contributed by atoms with E-state index in [0.717, 1.165) is 29.3 Å². The average molecular weight is 291 g/mol. The highest BCUT2D eigenvalue weighted by atomic mass is 35.5. The van der Waals surface area contributed by atoms with Crippen LogP contribution in [0.25, 0.3) is 10.9 Å². The molecule has 20 heavy (non-hydrogen) atoms. The largest absolute Gasteiger partial charge is 0.468 e. The van der Waals surface area contributed by atoms with E-state index in [2.05, 4.69) is 10.3 Å². The van der Waals surface area contributed by atoms with E-state index >= 15 is 0 Å². The van der Waals surface area contributed by atoms with Gasteiger partial charge in [0.05, 0.1) is 12.6 Å². The van der Waals surface area contributed by atoms with Gasteiger partial charge in [-0.3, -0.25) is 10.3 Å². The molecule has 1 aromatic carbocycles. The number of methoxy groups -OCH3 is 1. The number of nitrogens with zero attached hydrogens (tertiary/aromatic N) is 1.